The second-order valence-corrected chi connectivity index (χ2v) is 5.79. The summed E-state index contributed by atoms with van der Waals surface area (Å²) in [5.74, 6) is 0.762. The van der Waals surface area contributed by atoms with E-state index in [0.717, 1.165) is 17.0 Å². The highest BCUT2D eigenvalue weighted by molar-refractivity contribution is 9.10. The van der Waals surface area contributed by atoms with E-state index in [1.807, 2.05) is 20.8 Å². The highest BCUT2D eigenvalue weighted by Crippen LogP contribution is 2.25. The normalized spacial score (nSPS) is 12.4. The standard InChI is InChI=1S/C14H16BrN3O3/c1-8(14-9(2)17-21-10(14)3)16-7-11-4-5-12(15)6-13(11)18(19)20/h4-6,8,16H,7H2,1-3H3. The average molecular weight is 354 g/mol. The van der Waals surface area contributed by atoms with E-state index in [2.05, 4.69) is 26.4 Å². The number of nitrogens with zero attached hydrogens (tertiary/aromatic N) is 2. The van der Waals surface area contributed by atoms with Gasteiger partial charge in [0.15, 0.2) is 0 Å². The monoisotopic (exact) mass is 353 g/mol. The molecule has 0 bridgehead atoms. The van der Waals surface area contributed by atoms with E-state index in [4.69, 9.17) is 4.52 Å². The van der Waals surface area contributed by atoms with Gasteiger partial charge in [0.1, 0.15) is 5.76 Å². The van der Waals surface area contributed by atoms with Crippen LogP contribution >= 0.6 is 15.9 Å². The number of hydrogen-bond donors (Lipinski definition) is 1. The number of benzene rings is 1. The third-order valence-electron chi connectivity index (χ3n) is 3.36. The van der Waals surface area contributed by atoms with Gasteiger partial charge in [0.25, 0.3) is 5.69 Å². The fourth-order valence-electron chi connectivity index (χ4n) is 2.33. The van der Waals surface area contributed by atoms with Crippen molar-refractivity contribution in [2.24, 2.45) is 0 Å². The maximum Gasteiger partial charge on any atom is 0.275 e. The van der Waals surface area contributed by atoms with Crippen LogP contribution in [0, 0.1) is 24.0 Å². The van der Waals surface area contributed by atoms with Crippen molar-refractivity contribution in [3.63, 3.8) is 0 Å². The van der Waals surface area contributed by atoms with Gasteiger partial charge in [0, 0.05) is 34.3 Å². The van der Waals surface area contributed by atoms with Crippen molar-refractivity contribution >= 4 is 21.6 Å². The molecule has 0 spiro atoms. The largest absolute Gasteiger partial charge is 0.361 e. The third-order valence-corrected chi connectivity index (χ3v) is 3.86. The Morgan fingerprint density at radius 2 is 2.19 bits per heavy atom. The van der Waals surface area contributed by atoms with E-state index < -0.39 is 0 Å². The van der Waals surface area contributed by atoms with E-state index in [1.54, 1.807) is 12.1 Å². The van der Waals surface area contributed by atoms with Gasteiger partial charge in [-0.15, -0.1) is 0 Å². The zero-order valence-electron chi connectivity index (χ0n) is 12.0. The summed E-state index contributed by atoms with van der Waals surface area (Å²) < 4.78 is 5.83. The average Bonchev–Trinajstić information content (AvgIpc) is 2.76. The number of nitrogens with one attached hydrogen (secondary N) is 1. The molecule has 1 aromatic heterocycles. The molecule has 21 heavy (non-hydrogen) atoms. The predicted octanol–water partition coefficient (Wildman–Crippen LogP) is 3.81. The molecule has 1 atom stereocenters. The summed E-state index contributed by atoms with van der Waals surface area (Å²) in [6.07, 6.45) is 0. The molecule has 6 nitrogen and oxygen atoms in total. The summed E-state index contributed by atoms with van der Waals surface area (Å²) in [5, 5.41) is 18.3. The van der Waals surface area contributed by atoms with Crippen LogP contribution < -0.4 is 5.32 Å². The molecule has 1 heterocycles. The highest BCUT2D eigenvalue weighted by atomic mass is 79.9. The quantitative estimate of drug-likeness (QED) is 0.652. The van der Waals surface area contributed by atoms with Crippen LogP contribution in [-0.4, -0.2) is 10.1 Å². The number of halogens is 1. The fourth-order valence-corrected chi connectivity index (χ4v) is 2.68. The molecular weight excluding hydrogens is 338 g/mol. The second kappa shape index (κ2) is 6.36. The summed E-state index contributed by atoms with van der Waals surface area (Å²) in [5.41, 5.74) is 2.57. The van der Waals surface area contributed by atoms with Crippen molar-refractivity contribution in [2.75, 3.05) is 0 Å². The van der Waals surface area contributed by atoms with Crippen LogP contribution in [0.1, 0.15) is 35.5 Å². The van der Waals surface area contributed by atoms with Gasteiger partial charge in [-0.2, -0.15) is 0 Å². The Bertz CT molecular complexity index is 650. The minimum atomic E-state index is -0.373. The van der Waals surface area contributed by atoms with Crippen molar-refractivity contribution in [1.29, 1.82) is 0 Å². The van der Waals surface area contributed by atoms with Crippen molar-refractivity contribution in [1.82, 2.24) is 10.5 Å². The number of hydrogen-bond acceptors (Lipinski definition) is 5. The molecule has 0 aliphatic heterocycles. The third kappa shape index (κ3) is 3.48. The van der Waals surface area contributed by atoms with Crippen molar-refractivity contribution in [3.05, 3.63) is 55.4 Å². The Hall–Kier alpha value is -1.73. The summed E-state index contributed by atoms with van der Waals surface area (Å²) in [6.45, 7) is 6.12. The Labute approximate surface area is 130 Å². The van der Waals surface area contributed by atoms with Gasteiger partial charge in [-0.25, -0.2) is 0 Å². The number of aromatic nitrogens is 1. The molecule has 0 aliphatic rings. The van der Waals surface area contributed by atoms with E-state index in [9.17, 15) is 10.1 Å². The molecule has 0 fully saturated rings. The lowest BCUT2D eigenvalue weighted by atomic mass is 10.1. The summed E-state index contributed by atoms with van der Waals surface area (Å²) in [4.78, 5) is 10.7. The molecule has 1 aromatic carbocycles. The minimum absolute atomic E-state index is 0.000462. The van der Waals surface area contributed by atoms with Gasteiger partial charge in [-0.05, 0) is 32.9 Å². The van der Waals surface area contributed by atoms with Crippen LogP contribution in [0.5, 0.6) is 0 Å². The van der Waals surface area contributed by atoms with Gasteiger partial charge >= 0.3 is 0 Å². The topological polar surface area (TPSA) is 81.2 Å². The molecular formula is C14H16BrN3O3. The Morgan fingerprint density at radius 1 is 1.48 bits per heavy atom. The first-order chi connectivity index (χ1) is 9.90. The smallest absolute Gasteiger partial charge is 0.275 e. The zero-order chi connectivity index (χ0) is 15.6. The number of nitro groups is 1. The molecule has 2 rings (SSSR count). The van der Waals surface area contributed by atoms with E-state index in [0.29, 0.717) is 16.6 Å². The van der Waals surface area contributed by atoms with Gasteiger partial charge in [-0.1, -0.05) is 21.1 Å². The van der Waals surface area contributed by atoms with Gasteiger partial charge in [0.05, 0.1) is 10.6 Å². The maximum atomic E-state index is 11.1. The second-order valence-electron chi connectivity index (χ2n) is 4.87. The lowest BCUT2D eigenvalue weighted by molar-refractivity contribution is -0.385. The first-order valence-corrected chi connectivity index (χ1v) is 7.28. The zero-order valence-corrected chi connectivity index (χ0v) is 13.6. The van der Waals surface area contributed by atoms with Crippen LogP contribution in [0.2, 0.25) is 0 Å². The summed E-state index contributed by atoms with van der Waals surface area (Å²) in [6, 6.07) is 5.05. The molecule has 7 heteroatoms. The molecule has 2 aromatic rings. The molecule has 0 saturated carbocycles. The maximum absolute atomic E-state index is 11.1. The summed E-state index contributed by atoms with van der Waals surface area (Å²) >= 11 is 3.25. The van der Waals surface area contributed by atoms with Gasteiger partial charge in [-0.3, -0.25) is 10.1 Å². The Kier molecular flexibility index (Phi) is 4.74. The predicted molar refractivity (Wildman–Crippen MR) is 82.0 cm³/mol. The molecule has 0 radical (unpaired) electrons. The number of nitro benzene ring substituents is 1. The van der Waals surface area contributed by atoms with Crippen LogP contribution in [0.4, 0.5) is 5.69 Å². The van der Waals surface area contributed by atoms with Crippen molar-refractivity contribution in [3.8, 4) is 0 Å². The van der Waals surface area contributed by atoms with Crippen LogP contribution in [0.25, 0.3) is 0 Å². The molecule has 1 unspecified atom stereocenters. The first-order valence-electron chi connectivity index (χ1n) is 6.49. The van der Waals surface area contributed by atoms with Gasteiger partial charge < -0.3 is 9.84 Å². The lowest BCUT2D eigenvalue weighted by Crippen LogP contribution is -2.19. The SMILES string of the molecule is Cc1noc(C)c1C(C)NCc1ccc(Br)cc1[N+](=O)[O-]. The molecule has 0 aliphatic carbocycles. The molecule has 1 N–H and O–H groups in total. The molecule has 112 valence electrons. The molecule has 0 saturated heterocycles. The van der Waals surface area contributed by atoms with E-state index in [1.165, 1.54) is 6.07 Å². The lowest BCUT2D eigenvalue weighted by Gasteiger charge is -2.14. The van der Waals surface area contributed by atoms with Crippen molar-refractivity contribution in [2.45, 2.75) is 33.4 Å². The van der Waals surface area contributed by atoms with E-state index >= 15 is 0 Å². The number of aryl methyl sites for hydroxylation is 2. The molecule has 0 amide bonds. The Balaban J connectivity index is 2.15. The van der Waals surface area contributed by atoms with Crippen LogP contribution in [0.15, 0.2) is 27.2 Å². The van der Waals surface area contributed by atoms with Crippen molar-refractivity contribution < 1.29 is 9.45 Å². The Morgan fingerprint density at radius 3 is 2.76 bits per heavy atom. The summed E-state index contributed by atoms with van der Waals surface area (Å²) in [7, 11) is 0. The highest BCUT2D eigenvalue weighted by Gasteiger charge is 2.18. The van der Waals surface area contributed by atoms with Gasteiger partial charge in [0.2, 0.25) is 0 Å². The minimum Gasteiger partial charge on any atom is -0.361 e. The first kappa shape index (κ1) is 15.7. The van der Waals surface area contributed by atoms with E-state index in [-0.39, 0.29) is 16.7 Å². The van der Waals surface area contributed by atoms with Crippen LogP contribution in [-0.2, 0) is 6.54 Å². The fraction of sp³-hybridized carbons (Fsp3) is 0.357. The number of rotatable bonds is 5. The van der Waals surface area contributed by atoms with Crippen LogP contribution in [0.3, 0.4) is 0 Å².